The van der Waals surface area contributed by atoms with Gasteiger partial charge in [0.15, 0.2) is 0 Å². The van der Waals surface area contributed by atoms with Crippen LogP contribution < -0.4 is 10.1 Å². The zero-order valence-corrected chi connectivity index (χ0v) is 21.9. The lowest BCUT2D eigenvalue weighted by atomic mass is 9.38. The number of carboxylic acid groups (broad SMARTS) is 1. The molecule has 0 unspecified atom stereocenters. The number of alkyl halides is 3. The van der Waals surface area contributed by atoms with Gasteiger partial charge in [0.25, 0.3) is 0 Å². The number of ether oxygens (including phenoxy) is 2. The van der Waals surface area contributed by atoms with Gasteiger partial charge in [-0.1, -0.05) is 30.3 Å². The van der Waals surface area contributed by atoms with Gasteiger partial charge in [-0.3, -0.25) is 4.90 Å². The van der Waals surface area contributed by atoms with Crippen molar-refractivity contribution >= 4 is 12.1 Å². The van der Waals surface area contributed by atoms with Crippen LogP contribution in [-0.4, -0.2) is 52.4 Å². The molecule has 0 spiro atoms. The van der Waals surface area contributed by atoms with Gasteiger partial charge < -0.3 is 19.9 Å². The predicted molar refractivity (Wildman–Crippen MR) is 134 cm³/mol. The van der Waals surface area contributed by atoms with Crippen LogP contribution >= 0.6 is 0 Å². The van der Waals surface area contributed by atoms with E-state index in [9.17, 15) is 27.9 Å². The van der Waals surface area contributed by atoms with Crippen molar-refractivity contribution < 1.29 is 37.3 Å². The third-order valence-corrected chi connectivity index (χ3v) is 8.37. The highest BCUT2D eigenvalue weighted by atomic mass is 19.4. The van der Waals surface area contributed by atoms with E-state index in [1.807, 2.05) is 30.3 Å². The molecule has 2 aromatic rings. The van der Waals surface area contributed by atoms with Gasteiger partial charge in [0.05, 0.1) is 24.8 Å². The van der Waals surface area contributed by atoms with Crippen molar-refractivity contribution in [2.75, 3.05) is 7.11 Å². The Hall–Kier alpha value is -3.34. The number of nitrogens with one attached hydrogen (secondary N) is 1. The summed E-state index contributed by atoms with van der Waals surface area (Å²) in [4.78, 5) is 31.5. The van der Waals surface area contributed by atoms with Crippen LogP contribution in [0, 0.1) is 17.3 Å². The Kier molecular flexibility index (Phi) is 6.98. The van der Waals surface area contributed by atoms with Gasteiger partial charge in [-0.25, -0.2) is 14.6 Å². The number of carbonyl (C=O) groups is 2. The fourth-order valence-corrected chi connectivity index (χ4v) is 6.79. The molecule has 4 atom stereocenters. The number of amides is 1. The molecule has 6 rings (SSSR count). The van der Waals surface area contributed by atoms with E-state index in [1.54, 1.807) is 13.8 Å². The summed E-state index contributed by atoms with van der Waals surface area (Å²) in [5.41, 5.74) is -0.273. The van der Waals surface area contributed by atoms with Crippen LogP contribution in [-0.2, 0) is 22.3 Å². The largest absolute Gasteiger partial charge is 0.481 e. The Morgan fingerprint density at radius 1 is 1.21 bits per heavy atom. The number of rotatable bonds is 8. The van der Waals surface area contributed by atoms with E-state index in [4.69, 9.17) is 9.47 Å². The summed E-state index contributed by atoms with van der Waals surface area (Å²) in [5.74, 6) is -1.03. The van der Waals surface area contributed by atoms with E-state index in [0.29, 0.717) is 11.5 Å². The quantitative estimate of drug-likeness (QED) is 0.478. The Morgan fingerprint density at radius 2 is 1.87 bits per heavy atom. The van der Waals surface area contributed by atoms with Crippen molar-refractivity contribution in [2.45, 2.75) is 70.1 Å². The second-order valence-electron chi connectivity index (χ2n) is 11.1. The summed E-state index contributed by atoms with van der Waals surface area (Å²) in [6.07, 6.45) is -2.48. The SMILES string of the molecule is COc1ncc(C(F)(F)F)cc1CN[C@H]1[C@H](C23CC(C2)C3)[C@@H](C(=O)O)N(C(=O)OC(C)C)[C@H]1c1ccccc1. The standard InChI is InChI=1S/C28H32F3N3O5/c1-15(2)39-26(37)34-22(17-7-5-4-6-8-17)21(20(23(34)25(35)36)27-10-16(11-27)12-27)32-13-18-9-19(28(29,30)31)14-33-24(18)38-3/h4-9,14-16,20-23,32H,10-13H2,1-3H3,(H,35,36)/t16?,20-,21-,22-,23-,27?/m0/s1. The molecule has 2 heterocycles. The number of aromatic nitrogens is 1. The normalized spacial score (nSPS) is 29.5. The molecular weight excluding hydrogens is 515 g/mol. The number of hydrogen-bond donors (Lipinski definition) is 2. The first-order chi connectivity index (χ1) is 18.4. The molecule has 4 aliphatic rings. The van der Waals surface area contributed by atoms with E-state index in [2.05, 4.69) is 10.3 Å². The Bertz CT molecular complexity index is 1220. The summed E-state index contributed by atoms with van der Waals surface area (Å²) in [6.45, 7) is 3.33. The molecule has 11 heteroatoms. The van der Waals surface area contributed by atoms with Crippen LogP contribution in [0.1, 0.15) is 55.8 Å². The molecule has 2 bridgehead atoms. The zero-order valence-electron chi connectivity index (χ0n) is 21.9. The van der Waals surface area contributed by atoms with Crippen LogP contribution in [0.2, 0.25) is 0 Å². The number of benzene rings is 1. The van der Waals surface area contributed by atoms with Crippen LogP contribution in [0.3, 0.4) is 0 Å². The summed E-state index contributed by atoms with van der Waals surface area (Å²) in [5, 5.41) is 13.9. The molecule has 1 aromatic carbocycles. The number of halogens is 3. The zero-order chi connectivity index (χ0) is 28.1. The summed E-state index contributed by atoms with van der Waals surface area (Å²) >= 11 is 0. The van der Waals surface area contributed by atoms with Crippen molar-refractivity contribution in [3.63, 3.8) is 0 Å². The molecule has 3 aliphatic carbocycles. The van der Waals surface area contributed by atoms with Crippen molar-refractivity contribution in [1.82, 2.24) is 15.2 Å². The number of nitrogens with zero attached hydrogens (tertiary/aromatic N) is 2. The second kappa shape index (κ2) is 10.0. The van der Waals surface area contributed by atoms with Crippen LogP contribution in [0.4, 0.5) is 18.0 Å². The minimum Gasteiger partial charge on any atom is -0.481 e. The molecule has 210 valence electrons. The molecular formula is C28H32F3N3O5. The van der Waals surface area contributed by atoms with Crippen molar-refractivity contribution in [1.29, 1.82) is 0 Å². The fourth-order valence-electron chi connectivity index (χ4n) is 6.79. The van der Waals surface area contributed by atoms with E-state index in [-0.39, 0.29) is 23.4 Å². The molecule has 2 N–H and O–H groups in total. The van der Waals surface area contributed by atoms with Crippen molar-refractivity contribution in [3.8, 4) is 5.88 Å². The molecule has 3 saturated carbocycles. The van der Waals surface area contributed by atoms with Gasteiger partial charge in [-0.15, -0.1) is 0 Å². The van der Waals surface area contributed by atoms with Crippen LogP contribution in [0.15, 0.2) is 42.6 Å². The van der Waals surface area contributed by atoms with E-state index < -0.39 is 53.9 Å². The second-order valence-corrected chi connectivity index (χ2v) is 11.1. The molecule has 39 heavy (non-hydrogen) atoms. The summed E-state index contributed by atoms with van der Waals surface area (Å²) < 4.78 is 51.2. The maximum absolute atomic E-state index is 13.5. The Morgan fingerprint density at radius 3 is 2.38 bits per heavy atom. The predicted octanol–water partition coefficient (Wildman–Crippen LogP) is 5.04. The van der Waals surface area contributed by atoms with Gasteiger partial charge in [0.2, 0.25) is 5.88 Å². The number of aliphatic carboxylic acids is 1. The average molecular weight is 548 g/mol. The lowest BCUT2D eigenvalue weighted by molar-refractivity contribution is -0.174. The lowest BCUT2D eigenvalue weighted by Gasteiger charge is -2.66. The van der Waals surface area contributed by atoms with Crippen LogP contribution in [0.25, 0.3) is 0 Å². The molecule has 1 amide bonds. The Labute approximate surface area is 224 Å². The highest BCUT2D eigenvalue weighted by molar-refractivity contribution is 5.82. The smallest absolute Gasteiger partial charge is 0.417 e. The number of carboxylic acids is 1. The fraction of sp³-hybridized carbons (Fsp3) is 0.536. The first-order valence-corrected chi connectivity index (χ1v) is 13.1. The third kappa shape index (κ3) is 4.81. The minimum absolute atomic E-state index is 0.0395. The maximum Gasteiger partial charge on any atom is 0.417 e. The highest BCUT2D eigenvalue weighted by Gasteiger charge is 2.69. The van der Waals surface area contributed by atoms with Gasteiger partial charge in [0, 0.05) is 30.3 Å². The van der Waals surface area contributed by atoms with Crippen LogP contribution in [0.5, 0.6) is 5.88 Å². The first-order valence-electron chi connectivity index (χ1n) is 13.1. The number of carbonyl (C=O) groups excluding carboxylic acids is 1. The molecule has 0 radical (unpaired) electrons. The van der Waals surface area contributed by atoms with Crippen molar-refractivity contribution in [3.05, 3.63) is 59.3 Å². The number of hydrogen-bond acceptors (Lipinski definition) is 6. The van der Waals surface area contributed by atoms with E-state index in [1.165, 1.54) is 12.0 Å². The van der Waals surface area contributed by atoms with Gasteiger partial charge >= 0.3 is 18.2 Å². The third-order valence-electron chi connectivity index (χ3n) is 8.37. The lowest BCUT2D eigenvalue weighted by Crippen LogP contribution is -2.63. The van der Waals surface area contributed by atoms with E-state index in [0.717, 1.165) is 31.5 Å². The van der Waals surface area contributed by atoms with Gasteiger partial charge in [0.1, 0.15) is 6.04 Å². The minimum atomic E-state index is -4.59. The van der Waals surface area contributed by atoms with E-state index >= 15 is 0 Å². The summed E-state index contributed by atoms with van der Waals surface area (Å²) in [6, 6.07) is 7.61. The molecule has 8 nitrogen and oxygen atoms in total. The summed E-state index contributed by atoms with van der Waals surface area (Å²) in [7, 11) is 1.33. The monoisotopic (exact) mass is 547 g/mol. The molecule has 1 aliphatic heterocycles. The van der Waals surface area contributed by atoms with Gasteiger partial charge in [-0.2, -0.15) is 13.2 Å². The number of pyridine rings is 1. The van der Waals surface area contributed by atoms with Crippen molar-refractivity contribution in [2.24, 2.45) is 17.3 Å². The topological polar surface area (TPSA) is 101 Å². The molecule has 1 saturated heterocycles. The number of methoxy groups -OCH3 is 1. The Balaban J connectivity index is 1.58. The average Bonchev–Trinajstić information content (AvgIpc) is 3.15. The highest BCUT2D eigenvalue weighted by Crippen LogP contribution is 2.71. The molecule has 4 fully saturated rings. The molecule has 1 aromatic heterocycles. The maximum atomic E-state index is 13.5. The number of likely N-dealkylation sites (tertiary alicyclic amines) is 1. The van der Waals surface area contributed by atoms with Gasteiger partial charge in [-0.05, 0) is 56.1 Å². The first kappa shape index (κ1) is 27.2.